The number of methoxy groups -OCH3 is 1. The molecule has 0 amide bonds. The zero-order chi connectivity index (χ0) is 17.5. The molecular weight excluding hydrogens is 407 g/mol. The topological polar surface area (TPSA) is 81.0 Å². The molecule has 23 heavy (non-hydrogen) atoms. The fourth-order valence-corrected chi connectivity index (χ4v) is 3.21. The SMILES string of the molecule is COC(=O)c1c(N)c(C#N)cn1-c1c(Cl)c(Cl)c(Cl)c(Cl)c1Cl. The molecule has 10 heteroatoms. The minimum atomic E-state index is -0.793. The molecule has 0 saturated heterocycles. The maximum absolute atomic E-state index is 12.0. The van der Waals surface area contributed by atoms with Crippen LogP contribution in [0.5, 0.6) is 0 Å². The molecule has 1 aromatic carbocycles. The minimum absolute atomic E-state index is 0.0275. The molecule has 1 aromatic heterocycles. The molecule has 120 valence electrons. The van der Waals surface area contributed by atoms with Crippen LogP contribution < -0.4 is 5.73 Å². The molecule has 0 saturated carbocycles. The van der Waals surface area contributed by atoms with Gasteiger partial charge in [0.25, 0.3) is 0 Å². The number of aromatic nitrogens is 1. The highest BCUT2D eigenvalue weighted by Crippen LogP contribution is 2.46. The first-order valence-corrected chi connectivity index (χ1v) is 7.66. The summed E-state index contributed by atoms with van der Waals surface area (Å²) in [5.74, 6) is -0.793. The molecule has 0 aliphatic carbocycles. The van der Waals surface area contributed by atoms with Gasteiger partial charge in [-0.25, -0.2) is 4.79 Å². The zero-order valence-electron chi connectivity index (χ0n) is 11.3. The second kappa shape index (κ2) is 6.68. The van der Waals surface area contributed by atoms with Gasteiger partial charge in [0.1, 0.15) is 6.07 Å². The van der Waals surface area contributed by atoms with Gasteiger partial charge in [-0.05, 0) is 0 Å². The van der Waals surface area contributed by atoms with E-state index in [1.54, 1.807) is 0 Å². The predicted octanol–water partition coefficient (Wildman–Crippen LogP) is 4.98. The van der Waals surface area contributed by atoms with Crippen molar-refractivity contribution in [2.45, 2.75) is 0 Å². The van der Waals surface area contributed by atoms with E-state index in [4.69, 9.17) is 69.0 Å². The first kappa shape index (κ1) is 18.1. The number of nitriles is 1. The van der Waals surface area contributed by atoms with Crippen molar-refractivity contribution in [1.29, 1.82) is 5.26 Å². The van der Waals surface area contributed by atoms with Crippen LogP contribution in [-0.4, -0.2) is 17.6 Å². The van der Waals surface area contributed by atoms with Gasteiger partial charge in [0.05, 0.1) is 49.2 Å². The highest BCUT2D eigenvalue weighted by Gasteiger charge is 2.27. The molecule has 0 fully saturated rings. The zero-order valence-corrected chi connectivity index (χ0v) is 15.0. The van der Waals surface area contributed by atoms with Gasteiger partial charge in [-0.3, -0.25) is 0 Å². The summed E-state index contributed by atoms with van der Waals surface area (Å²) in [6, 6.07) is 1.85. The van der Waals surface area contributed by atoms with Crippen LogP contribution in [0, 0.1) is 11.3 Å². The number of carbonyl (C=O) groups excluding carboxylic acids is 1. The first-order chi connectivity index (χ1) is 10.8. The lowest BCUT2D eigenvalue weighted by Gasteiger charge is -2.15. The van der Waals surface area contributed by atoms with E-state index in [1.807, 2.05) is 6.07 Å². The lowest BCUT2D eigenvalue weighted by Crippen LogP contribution is -2.12. The Morgan fingerprint density at radius 2 is 1.61 bits per heavy atom. The fourth-order valence-electron chi connectivity index (χ4n) is 1.90. The van der Waals surface area contributed by atoms with Crippen molar-refractivity contribution in [3.8, 4) is 11.8 Å². The van der Waals surface area contributed by atoms with Gasteiger partial charge in [0.2, 0.25) is 0 Å². The maximum atomic E-state index is 12.0. The smallest absolute Gasteiger partial charge is 0.357 e. The molecule has 1 heterocycles. The Bertz CT molecular complexity index is 841. The monoisotopic (exact) mass is 411 g/mol. The molecule has 0 spiro atoms. The second-order valence-corrected chi connectivity index (χ2v) is 6.09. The van der Waals surface area contributed by atoms with Crippen molar-refractivity contribution in [3.05, 3.63) is 42.6 Å². The van der Waals surface area contributed by atoms with Crippen molar-refractivity contribution in [2.75, 3.05) is 12.8 Å². The Morgan fingerprint density at radius 3 is 2.04 bits per heavy atom. The number of anilines is 1. The Morgan fingerprint density at radius 1 is 1.13 bits per heavy atom. The number of hydrogen-bond acceptors (Lipinski definition) is 4. The quantitative estimate of drug-likeness (QED) is 0.427. The molecule has 2 N–H and O–H groups in total. The number of nitrogens with zero attached hydrogens (tertiary/aromatic N) is 2. The molecular formula is C13H6Cl5N3O2. The summed E-state index contributed by atoms with van der Waals surface area (Å²) in [5.41, 5.74) is 5.67. The number of nitrogens with two attached hydrogens (primary N) is 1. The van der Waals surface area contributed by atoms with Gasteiger partial charge >= 0.3 is 5.97 Å². The number of hydrogen-bond donors (Lipinski definition) is 1. The summed E-state index contributed by atoms with van der Waals surface area (Å²) in [4.78, 5) is 12.0. The van der Waals surface area contributed by atoms with E-state index in [0.29, 0.717) is 0 Å². The number of carbonyl (C=O) groups is 1. The summed E-state index contributed by atoms with van der Waals surface area (Å²) < 4.78 is 5.87. The number of rotatable bonds is 2. The van der Waals surface area contributed by atoms with Crippen LogP contribution in [0.25, 0.3) is 5.69 Å². The normalized spacial score (nSPS) is 10.5. The van der Waals surface area contributed by atoms with Crippen molar-refractivity contribution >= 4 is 69.7 Å². The van der Waals surface area contributed by atoms with Crippen molar-refractivity contribution < 1.29 is 9.53 Å². The van der Waals surface area contributed by atoms with E-state index < -0.39 is 5.97 Å². The Kier molecular flexibility index (Phi) is 5.24. The average molecular weight is 413 g/mol. The number of halogens is 5. The van der Waals surface area contributed by atoms with Crippen molar-refractivity contribution in [1.82, 2.24) is 4.57 Å². The summed E-state index contributed by atoms with van der Waals surface area (Å²) in [7, 11) is 1.16. The first-order valence-electron chi connectivity index (χ1n) is 5.77. The van der Waals surface area contributed by atoms with E-state index >= 15 is 0 Å². The molecule has 0 unspecified atom stereocenters. The van der Waals surface area contributed by atoms with Crippen molar-refractivity contribution in [3.63, 3.8) is 0 Å². The highest BCUT2D eigenvalue weighted by molar-refractivity contribution is 6.56. The molecule has 0 aliphatic heterocycles. The average Bonchev–Trinajstić information content (AvgIpc) is 2.87. The van der Waals surface area contributed by atoms with Gasteiger partial charge in [-0.15, -0.1) is 0 Å². The Hall–Kier alpha value is -1.29. The van der Waals surface area contributed by atoms with E-state index in [9.17, 15) is 4.79 Å². The van der Waals surface area contributed by atoms with Gasteiger partial charge < -0.3 is 15.0 Å². The third-order valence-corrected chi connectivity index (χ3v) is 5.23. The van der Waals surface area contributed by atoms with Crippen LogP contribution in [0.1, 0.15) is 16.1 Å². The Balaban J connectivity index is 2.94. The Labute approximate surface area is 156 Å². The standard InChI is InChI=1S/C13H6Cl5N3O2/c1-23-13(22)12-10(20)4(2-19)3-21(12)11-8(17)6(15)5(14)7(16)9(11)18/h3H,20H2,1H3. The van der Waals surface area contributed by atoms with Crippen LogP contribution in [0.2, 0.25) is 25.1 Å². The van der Waals surface area contributed by atoms with Crippen molar-refractivity contribution in [2.24, 2.45) is 0 Å². The molecule has 2 rings (SSSR count). The van der Waals surface area contributed by atoms with Crippen LogP contribution in [0.3, 0.4) is 0 Å². The van der Waals surface area contributed by atoms with Crippen LogP contribution in [-0.2, 0) is 4.74 Å². The number of esters is 1. The largest absolute Gasteiger partial charge is 0.464 e. The number of benzene rings is 1. The van der Waals surface area contributed by atoms with E-state index in [-0.39, 0.29) is 47.7 Å². The van der Waals surface area contributed by atoms with Crippen LogP contribution in [0.4, 0.5) is 5.69 Å². The minimum Gasteiger partial charge on any atom is -0.464 e. The molecule has 0 bridgehead atoms. The van der Waals surface area contributed by atoms with Gasteiger partial charge in [0, 0.05) is 6.20 Å². The van der Waals surface area contributed by atoms with Crippen LogP contribution in [0.15, 0.2) is 6.20 Å². The highest BCUT2D eigenvalue weighted by atomic mass is 35.5. The lowest BCUT2D eigenvalue weighted by molar-refractivity contribution is 0.0593. The molecule has 0 radical (unpaired) electrons. The van der Waals surface area contributed by atoms with E-state index in [2.05, 4.69) is 4.74 Å². The third kappa shape index (κ3) is 2.82. The number of ether oxygens (including phenoxy) is 1. The van der Waals surface area contributed by atoms with Gasteiger partial charge in [-0.1, -0.05) is 58.0 Å². The van der Waals surface area contributed by atoms with E-state index in [0.717, 1.165) is 7.11 Å². The molecule has 0 aliphatic rings. The third-order valence-electron chi connectivity index (χ3n) is 2.97. The number of nitrogen functional groups attached to an aromatic ring is 1. The van der Waals surface area contributed by atoms with Gasteiger partial charge in [0.15, 0.2) is 5.69 Å². The maximum Gasteiger partial charge on any atom is 0.357 e. The summed E-state index contributed by atoms with van der Waals surface area (Å²) in [6.45, 7) is 0. The summed E-state index contributed by atoms with van der Waals surface area (Å²) >= 11 is 30.3. The lowest BCUT2D eigenvalue weighted by atomic mass is 10.2. The predicted molar refractivity (Wildman–Crippen MR) is 91.3 cm³/mol. The van der Waals surface area contributed by atoms with Gasteiger partial charge in [-0.2, -0.15) is 5.26 Å². The van der Waals surface area contributed by atoms with Crippen LogP contribution >= 0.6 is 58.0 Å². The van der Waals surface area contributed by atoms with E-state index in [1.165, 1.54) is 10.8 Å². The summed E-state index contributed by atoms with van der Waals surface area (Å²) in [6.07, 6.45) is 1.27. The second-order valence-electron chi connectivity index (χ2n) is 4.20. The molecule has 5 nitrogen and oxygen atoms in total. The summed E-state index contributed by atoms with van der Waals surface area (Å²) in [5, 5.41) is 8.85. The fraction of sp³-hybridized carbons (Fsp3) is 0.0769. The molecule has 0 atom stereocenters. The molecule has 2 aromatic rings.